The van der Waals surface area contributed by atoms with E-state index in [9.17, 15) is 4.79 Å². The lowest BCUT2D eigenvalue weighted by Crippen LogP contribution is -2.52. The molecule has 25 heavy (non-hydrogen) atoms. The van der Waals surface area contributed by atoms with Gasteiger partial charge in [-0.1, -0.05) is 52.3 Å². The van der Waals surface area contributed by atoms with Gasteiger partial charge in [0.1, 0.15) is 6.10 Å². The molecule has 2 atom stereocenters. The van der Waals surface area contributed by atoms with Crippen molar-refractivity contribution in [2.75, 3.05) is 11.9 Å². The fourth-order valence-corrected chi connectivity index (χ4v) is 3.16. The van der Waals surface area contributed by atoms with E-state index in [0.29, 0.717) is 12.3 Å². The molecule has 0 aliphatic carbocycles. The second-order valence-corrected chi connectivity index (χ2v) is 7.29. The van der Waals surface area contributed by atoms with Gasteiger partial charge in [-0.2, -0.15) is 0 Å². The summed E-state index contributed by atoms with van der Waals surface area (Å²) in [6.45, 7) is 4.12. The van der Waals surface area contributed by atoms with E-state index in [2.05, 4.69) is 26.6 Å². The van der Waals surface area contributed by atoms with E-state index in [4.69, 9.17) is 9.47 Å². The van der Waals surface area contributed by atoms with E-state index < -0.39 is 5.79 Å². The van der Waals surface area contributed by atoms with E-state index in [-0.39, 0.29) is 18.2 Å². The number of hydrogen-bond acceptors (Lipinski definition) is 3. The Hall–Kier alpha value is -1.89. The molecule has 0 saturated carbocycles. The number of nitrogens with one attached hydrogen (secondary N) is 2. The van der Waals surface area contributed by atoms with Crippen LogP contribution in [0.15, 0.2) is 59.1 Å². The van der Waals surface area contributed by atoms with Crippen LogP contribution in [0.25, 0.3) is 0 Å². The maximum absolute atomic E-state index is 12.4. The van der Waals surface area contributed by atoms with E-state index >= 15 is 0 Å². The van der Waals surface area contributed by atoms with Crippen molar-refractivity contribution in [3.8, 4) is 0 Å². The van der Waals surface area contributed by atoms with Crippen LogP contribution in [0.5, 0.6) is 0 Å². The summed E-state index contributed by atoms with van der Waals surface area (Å²) in [5.74, 6) is -0.695. The van der Waals surface area contributed by atoms with Crippen LogP contribution in [-0.2, 0) is 9.47 Å². The molecule has 0 aromatic heterocycles. The number of halogens is 1. The van der Waals surface area contributed by atoms with Crippen molar-refractivity contribution in [3.05, 3.63) is 64.6 Å². The minimum Gasteiger partial charge on any atom is -0.348 e. The molecule has 6 heteroatoms. The van der Waals surface area contributed by atoms with Crippen LogP contribution in [0.2, 0.25) is 0 Å². The van der Waals surface area contributed by atoms with Gasteiger partial charge in [-0.3, -0.25) is 0 Å². The van der Waals surface area contributed by atoms with Gasteiger partial charge in [0.2, 0.25) is 0 Å². The van der Waals surface area contributed by atoms with Crippen molar-refractivity contribution in [2.24, 2.45) is 0 Å². The van der Waals surface area contributed by atoms with Crippen LogP contribution in [-0.4, -0.2) is 24.5 Å². The molecule has 3 rings (SSSR count). The summed E-state index contributed by atoms with van der Waals surface area (Å²) in [6.07, 6.45) is -0.279. The Morgan fingerprint density at radius 2 is 1.92 bits per heavy atom. The average Bonchev–Trinajstić information content (AvgIpc) is 2.57. The smallest absolute Gasteiger partial charge is 0.319 e. The molecule has 1 saturated heterocycles. The Labute approximate surface area is 155 Å². The van der Waals surface area contributed by atoms with Gasteiger partial charge in [0.25, 0.3) is 0 Å². The predicted octanol–water partition coefficient (Wildman–Crippen LogP) is 4.46. The van der Waals surface area contributed by atoms with Crippen LogP contribution in [0.3, 0.4) is 0 Å². The number of anilines is 1. The zero-order valence-electron chi connectivity index (χ0n) is 14.2. The Bertz CT molecular complexity index is 736. The van der Waals surface area contributed by atoms with Gasteiger partial charge in [0.05, 0.1) is 12.6 Å². The van der Waals surface area contributed by atoms with Crippen molar-refractivity contribution < 1.29 is 14.3 Å². The summed E-state index contributed by atoms with van der Waals surface area (Å²) in [5.41, 5.74) is 1.72. The largest absolute Gasteiger partial charge is 0.348 e. The normalized spacial score (nSPS) is 22.2. The van der Waals surface area contributed by atoms with E-state index in [1.807, 2.05) is 68.4 Å². The first-order valence-corrected chi connectivity index (χ1v) is 8.92. The number of benzene rings is 2. The number of urea groups is 1. The van der Waals surface area contributed by atoms with Crippen LogP contribution >= 0.6 is 15.9 Å². The molecule has 2 aromatic carbocycles. The first-order chi connectivity index (χ1) is 11.9. The zero-order chi connectivity index (χ0) is 17.9. The molecule has 0 bridgehead atoms. The molecular weight excluding hydrogens is 384 g/mol. The first kappa shape index (κ1) is 17.9. The molecule has 0 radical (unpaired) electrons. The first-order valence-electron chi connectivity index (χ1n) is 8.13. The van der Waals surface area contributed by atoms with Gasteiger partial charge in [0, 0.05) is 10.2 Å². The fraction of sp³-hybridized carbons (Fsp3) is 0.316. The van der Waals surface area contributed by atoms with Crippen molar-refractivity contribution >= 4 is 27.6 Å². The Morgan fingerprint density at radius 3 is 2.64 bits per heavy atom. The molecule has 2 N–H and O–H groups in total. The van der Waals surface area contributed by atoms with Gasteiger partial charge in [0.15, 0.2) is 5.79 Å². The molecule has 2 aromatic rings. The Kier molecular flexibility index (Phi) is 5.42. The minimum absolute atomic E-state index is 0.279. The maximum Gasteiger partial charge on any atom is 0.319 e. The van der Waals surface area contributed by atoms with E-state index in [0.717, 1.165) is 10.0 Å². The molecule has 1 heterocycles. The third-order valence-electron chi connectivity index (χ3n) is 3.91. The van der Waals surface area contributed by atoms with Crippen molar-refractivity contribution in [1.29, 1.82) is 0 Å². The van der Waals surface area contributed by atoms with Gasteiger partial charge in [-0.05, 0) is 37.6 Å². The SMILES string of the molecule is CC1(C)OC[C@H](NC(=O)Nc2cccc(Br)c2)[C@H](c2ccccc2)O1. The molecule has 1 aliphatic heterocycles. The molecule has 5 nitrogen and oxygen atoms in total. The average molecular weight is 405 g/mol. The predicted molar refractivity (Wildman–Crippen MR) is 100 cm³/mol. The summed E-state index contributed by atoms with van der Waals surface area (Å²) >= 11 is 3.39. The van der Waals surface area contributed by atoms with E-state index in [1.54, 1.807) is 0 Å². The lowest BCUT2D eigenvalue weighted by Gasteiger charge is -2.41. The quantitative estimate of drug-likeness (QED) is 0.793. The van der Waals surface area contributed by atoms with Crippen LogP contribution in [0.1, 0.15) is 25.5 Å². The summed E-state index contributed by atoms with van der Waals surface area (Å²) in [4.78, 5) is 12.4. The molecule has 1 aliphatic rings. The molecule has 0 spiro atoms. The Balaban J connectivity index is 1.71. The summed E-state index contributed by atoms with van der Waals surface area (Å²) in [7, 11) is 0. The van der Waals surface area contributed by atoms with Crippen molar-refractivity contribution in [3.63, 3.8) is 0 Å². The van der Waals surface area contributed by atoms with Gasteiger partial charge in [-0.25, -0.2) is 4.79 Å². The second kappa shape index (κ2) is 7.56. The van der Waals surface area contributed by atoms with Crippen molar-refractivity contribution in [2.45, 2.75) is 31.8 Å². The van der Waals surface area contributed by atoms with Crippen molar-refractivity contribution in [1.82, 2.24) is 5.32 Å². The maximum atomic E-state index is 12.4. The number of hydrogen-bond donors (Lipinski definition) is 2. The highest BCUT2D eigenvalue weighted by molar-refractivity contribution is 9.10. The number of carbonyl (C=O) groups is 1. The van der Waals surface area contributed by atoms with Gasteiger partial charge >= 0.3 is 6.03 Å². The summed E-state index contributed by atoms with van der Waals surface area (Å²) in [5, 5.41) is 5.79. The third-order valence-corrected chi connectivity index (χ3v) is 4.41. The number of amides is 2. The number of rotatable bonds is 3. The Morgan fingerprint density at radius 1 is 1.16 bits per heavy atom. The minimum atomic E-state index is -0.695. The van der Waals surface area contributed by atoms with Crippen LogP contribution < -0.4 is 10.6 Å². The molecular formula is C19H21BrN2O3. The number of carbonyl (C=O) groups excluding carboxylic acids is 1. The highest BCUT2D eigenvalue weighted by Crippen LogP contribution is 2.33. The topological polar surface area (TPSA) is 59.6 Å². The van der Waals surface area contributed by atoms with Crippen LogP contribution in [0.4, 0.5) is 10.5 Å². The standard InChI is InChI=1S/C19H21BrN2O3/c1-19(2)24-12-16(17(25-19)13-7-4-3-5-8-13)22-18(23)21-15-10-6-9-14(20)11-15/h3-11,16-17H,12H2,1-2H3,(H2,21,22,23)/t16-,17-/m0/s1. The molecule has 1 fully saturated rings. The zero-order valence-corrected chi connectivity index (χ0v) is 15.7. The summed E-state index contributed by atoms with van der Waals surface area (Å²) < 4.78 is 12.7. The molecule has 0 unspecified atom stereocenters. The lowest BCUT2D eigenvalue weighted by atomic mass is 10.0. The lowest BCUT2D eigenvalue weighted by molar-refractivity contribution is -0.284. The highest BCUT2D eigenvalue weighted by atomic mass is 79.9. The van der Waals surface area contributed by atoms with E-state index in [1.165, 1.54) is 0 Å². The number of ether oxygens (including phenoxy) is 2. The fourth-order valence-electron chi connectivity index (χ4n) is 2.76. The van der Waals surface area contributed by atoms with Gasteiger partial charge < -0.3 is 20.1 Å². The molecule has 2 amide bonds. The van der Waals surface area contributed by atoms with Gasteiger partial charge in [-0.15, -0.1) is 0 Å². The van der Waals surface area contributed by atoms with Crippen LogP contribution in [0, 0.1) is 0 Å². The second-order valence-electron chi connectivity index (χ2n) is 6.38. The summed E-state index contributed by atoms with van der Waals surface area (Å²) in [6, 6.07) is 16.7. The highest BCUT2D eigenvalue weighted by Gasteiger charge is 2.38. The third kappa shape index (κ3) is 4.81. The molecule has 132 valence electrons. The monoisotopic (exact) mass is 404 g/mol.